The van der Waals surface area contributed by atoms with Crippen molar-refractivity contribution >= 4 is 0 Å². The molecule has 0 aliphatic rings. The van der Waals surface area contributed by atoms with Crippen LogP contribution in [0.15, 0.2) is 16.5 Å². The minimum Gasteiger partial charge on any atom is -0.465 e. The van der Waals surface area contributed by atoms with Gasteiger partial charge in [-0.15, -0.1) is 0 Å². The minimum absolute atomic E-state index is 0.841. The van der Waals surface area contributed by atoms with Crippen molar-refractivity contribution in [2.24, 2.45) is 0 Å². The van der Waals surface area contributed by atoms with Crippen molar-refractivity contribution in [3.63, 3.8) is 0 Å². The molecular weight excluding hydrogens is 176 g/mol. The Morgan fingerprint density at radius 1 is 1.21 bits per heavy atom. The number of hydrogen-bond acceptors (Lipinski definition) is 3. The molecule has 1 aromatic rings. The standard InChI is InChI=1S/C11H20N2O/c1-10-5-6-11(14-10)9-13-8-4-3-7-12-2/h5-6,12-13H,3-4,7-9H2,1-2H3. The minimum atomic E-state index is 0.841. The fourth-order valence-electron chi connectivity index (χ4n) is 1.34. The van der Waals surface area contributed by atoms with Gasteiger partial charge in [0.05, 0.1) is 6.54 Å². The molecule has 1 heterocycles. The Balaban J connectivity index is 1.99. The second kappa shape index (κ2) is 6.62. The van der Waals surface area contributed by atoms with E-state index in [-0.39, 0.29) is 0 Å². The van der Waals surface area contributed by atoms with E-state index < -0.39 is 0 Å². The van der Waals surface area contributed by atoms with Gasteiger partial charge < -0.3 is 15.1 Å². The molecule has 0 aromatic carbocycles. The van der Waals surface area contributed by atoms with Gasteiger partial charge in [-0.05, 0) is 52.0 Å². The van der Waals surface area contributed by atoms with Crippen LogP contribution in [0.4, 0.5) is 0 Å². The number of aryl methyl sites for hydroxylation is 1. The largest absolute Gasteiger partial charge is 0.465 e. The van der Waals surface area contributed by atoms with Crippen molar-refractivity contribution < 1.29 is 4.42 Å². The molecular formula is C11H20N2O. The second-order valence-electron chi connectivity index (χ2n) is 3.50. The summed E-state index contributed by atoms with van der Waals surface area (Å²) in [4.78, 5) is 0. The first kappa shape index (κ1) is 11.3. The van der Waals surface area contributed by atoms with Crippen LogP contribution < -0.4 is 10.6 Å². The fraction of sp³-hybridized carbons (Fsp3) is 0.636. The van der Waals surface area contributed by atoms with Crippen LogP contribution in [0.25, 0.3) is 0 Å². The van der Waals surface area contributed by atoms with Gasteiger partial charge in [-0.1, -0.05) is 0 Å². The molecule has 80 valence electrons. The number of furan rings is 1. The zero-order valence-electron chi connectivity index (χ0n) is 9.10. The highest BCUT2D eigenvalue weighted by Gasteiger charge is 1.96. The quantitative estimate of drug-likeness (QED) is 0.651. The van der Waals surface area contributed by atoms with Crippen LogP contribution in [0, 0.1) is 6.92 Å². The molecule has 1 rings (SSSR count). The lowest BCUT2D eigenvalue weighted by molar-refractivity contribution is 0.459. The van der Waals surface area contributed by atoms with E-state index in [0.29, 0.717) is 0 Å². The highest BCUT2D eigenvalue weighted by molar-refractivity contribution is 5.04. The van der Waals surface area contributed by atoms with E-state index in [9.17, 15) is 0 Å². The van der Waals surface area contributed by atoms with Gasteiger partial charge in [0.2, 0.25) is 0 Å². The van der Waals surface area contributed by atoms with Crippen molar-refractivity contribution in [2.45, 2.75) is 26.3 Å². The summed E-state index contributed by atoms with van der Waals surface area (Å²) in [6.45, 7) is 4.97. The Hall–Kier alpha value is -0.800. The molecule has 0 amide bonds. The Labute approximate surface area is 85.9 Å². The summed E-state index contributed by atoms with van der Waals surface area (Å²) < 4.78 is 5.44. The summed E-state index contributed by atoms with van der Waals surface area (Å²) in [5.41, 5.74) is 0. The topological polar surface area (TPSA) is 37.2 Å². The maximum Gasteiger partial charge on any atom is 0.117 e. The zero-order valence-corrected chi connectivity index (χ0v) is 9.10. The van der Waals surface area contributed by atoms with Gasteiger partial charge in [-0.3, -0.25) is 0 Å². The molecule has 0 saturated carbocycles. The molecule has 2 N–H and O–H groups in total. The molecule has 0 unspecified atom stereocenters. The highest BCUT2D eigenvalue weighted by atomic mass is 16.3. The lowest BCUT2D eigenvalue weighted by Crippen LogP contribution is -2.16. The molecule has 0 spiro atoms. The van der Waals surface area contributed by atoms with Crippen molar-refractivity contribution in [1.82, 2.24) is 10.6 Å². The molecule has 0 radical (unpaired) electrons. The SMILES string of the molecule is CNCCCCNCc1ccc(C)o1. The van der Waals surface area contributed by atoms with E-state index in [0.717, 1.165) is 31.2 Å². The van der Waals surface area contributed by atoms with Crippen LogP contribution in [0.5, 0.6) is 0 Å². The lowest BCUT2D eigenvalue weighted by Gasteiger charge is -2.02. The van der Waals surface area contributed by atoms with Crippen LogP contribution in [0.2, 0.25) is 0 Å². The predicted octanol–water partition coefficient (Wildman–Crippen LogP) is 1.68. The third-order valence-electron chi connectivity index (χ3n) is 2.13. The van der Waals surface area contributed by atoms with Crippen LogP contribution in [-0.2, 0) is 6.54 Å². The monoisotopic (exact) mass is 196 g/mol. The lowest BCUT2D eigenvalue weighted by atomic mass is 10.3. The smallest absolute Gasteiger partial charge is 0.117 e. The van der Waals surface area contributed by atoms with E-state index in [1.807, 2.05) is 26.1 Å². The van der Waals surface area contributed by atoms with Gasteiger partial charge in [0.15, 0.2) is 0 Å². The van der Waals surface area contributed by atoms with Gasteiger partial charge in [0.1, 0.15) is 11.5 Å². The van der Waals surface area contributed by atoms with Gasteiger partial charge >= 0.3 is 0 Å². The average Bonchev–Trinajstić information content (AvgIpc) is 2.58. The molecule has 0 aliphatic heterocycles. The van der Waals surface area contributed by atoms with Crippen LogP contribution in [0.3, 0.4) is 0 Å². The third-order valence-corrected chi connectivity index (χ3v) is 2.13. The zero-order chi connectivity index (χ0) is 10.2. The number of hydrogen-bond donors (Lipinski definition) is 2. The van der Waals surface area contributed by atoms with E-state index >= 15 is 0 Å². The van der Waals surface area contributed by atoms with Crippen molar-refractivity contribution in [3.8, 4) is 0 Å². The Bertz CT molecular complexity index is 245. The molecule has 0 atom stereocenters. The van der Waals surface area contributed by atoms with Crippen molar-refractivity contribution in [3.05, 3.63) is 23.7 Å². The van der Waals surface area contributed by atoms with E-state index in [4.69, 9.17) is 4.42 Å². The first-order valence-corrected chi connectivity index (χ1v) is 5.23. The number of rotatable bonds is 7. The summed E-state index contributed by atoms with van der Waals surface area (Å²) in [5.74, 6) is 2.01. The number of nitrogens with one attached hydrogen (secondary N) is 2. The molecule has 1 aromatic heterocycles. The summed E-state index contributed by atoms with van der Waals surface area (Å²) >= 11 is 0. The van der Waals surface area contributed by atoms with E-state index in [1.165, 1.54) is 12.8 Å². The Morgan fingerprint density at radius 2 is 2.00 bits per heavy atom. The first-order valence-electron chi connectivity index (χ1n) is 5.23. The van der Waals surface area contributed by atoms with E-state index in [2.05, 4.69) is 10.6 Å². The van der Waals surface area contributed by atoms with Crippen LogP contribution >= 0.6 is 0 Å². The fourth-order valence-corrected chi connectivity index (χ4v) is 1.34. The molecule has 3 heteroatoms. The average molecular weight is 196 g/mol. The summed E-state index contributed by atoms with van der Waals surface area (Å²) in [6.07, 6.45) is 2.43. The Morgan fingerprint density at radius 3 is 2.64 bits per heavy atom. The van der Waals surface area contributed by atoms with Gasteiger partial charge in [-0.2, -0.15) is 0 Å². The van der Waals surface area contributed by atoms with Gasteiger partial charge in [0.25, 0.3) is 0 Å². The summed E-state index contributed by atoms with van der Waals surface area (Å²) in [5, 5.41) is 6.49. The van der Waals surface area contributed by atoms with Crippen molar-refractivity contribution in [1.29, 1.82) is 0 Å². The summed E-state index contributed by atoms with van der Waals surface area (Å²) in [7, 11) is 1.99. The predicted molar refractivity (Wildman–Crippen MR) is 58.3 cm³/mol. The normalized spacial score (nSPS) is 10.7. The third kappa shape index (κ3) is 4.44. The van der Waals surface area contributed by atoms with Crippen LogP contribution in [-0.4, -0.2) is 20.1 Å². The van der Waals surface area contributed by atoms with E-state index in [1.54, 1.807) is 0 Å². The maximum atomic E-state index is 5.44. The van der Waals surface area contributed by atoms with Crippen LogP contribution in [0.1, 0.15) is 24.4 Å². The second-order valence-corrected chi connectivity index (χ2v) is 3.50. The molecule has 0 bridgehead atoms. The summed E-state index contributed by atoms with van der Waals surface area (Å²) in [6, 6.07) is 4.02. The van der Waals surface area contributed by atoms with Crippen molar-refractivity contribution in [2.75, 3.05) is 20.1 Å². The highest BCUT2D eigenvalue weighted by Crippen LogP contribution is 2.05. The van der Waals surface area contributed by atoms with Gasteiger partial charge in [-0.25, -0.2) is 0 Å². The molecule has 3 nitrogen and oxygen atoms in total. The Kier molecular flexibility index (Phi) is 5.33. The molecule has 14 heavy (non-hydrogen) atoms. The molecule has 0 aliphatic carbocycles. The maximum absolute atomic E-state index is 5.44. The molecule has 0 saturated heterocycles. The van der Waals surface area contributed by atoms with Gasteiger partial charge in [0, 0.05) is 0 Å². The molecule has 0 fully saturated rings. The first-order chi connectivity index (χ1) is 6.83. The number of unbranched alkanes of at least 4 members (excludes halogenated alkanes) is 1.